The maximum absolute atomic E-state index is 12.2. The summed E-state index contributed by atoms with van der Waals surface area (Å²) in [6.07, 6.45) is 0.399. The van der Waals surface area contributed by atoms with Crippen LogP contribution in [0.15, 0.2) is 53.4 Å². The first-order valence-corrected chi connectivity index (χ1v) is 9.05. The quantitative estimate of drug-likeness (QED) is 0.798. The van der Waals surface area contributed by atoms with Crippen molar-refractivity contribution in [3.05, 3.63) is 64.7 Å². The second-order valence-electron chi connectivity index (χ2n) is 5.24. The SMILES string of the molecule is CC(=O)c1ccc(S(=O)(=O)NC(=O)CCc2cccc(Cl)c2)cc1. The molecule has 2 aromatic rings. The van der Waals surface area contributed by atoms with Gasteiger partial charge in [0, 0.05) is 17.0 Å². The Labute approximate surface area is 145 Å². The number of carbonyl (C=O) groups excluding carboxylic acids is 2. The van der Waals surface area contributed by atoms with Crippen LogP contribution in [-0.4, -0.2) is 20.1 Å². The second-order valence-corrected chi connectivity index (χ2v) is 7.36. The largest absolute Gasteiger partial charge is 0.295 e. The van der Waals surface area contributed by atoms with Crippen LogP contribution in [0.25, 0.3) is 0 Å². The lowest BCUT2D eigenvalue weighted by Gasteiger charge is -2.07. The highest BCUT2D eigenvalue weighted by Crippen LogP contribution is 2.13. The molecule has 0 atom stereocenters. The van der Waals surface area contributed by atoms with E-state index >= 15 is 0 Å². The van der Waals surface area contributed by atoms with Crippen LogP contribution in [0.2, 0.25) is 5.02 Å². The molecule has 2 rings (SSSR count). The van der Waals surface area contributed by atoms with Gasteiger partial charge in [0.2, 0.25) is 5.91 Å². The molecule has 0 saturated carbocycles. The number of hydrogen-bond donors (Lipinski definition) is 1. The number of hydrogen-bond acceptors (Lipinski definition) is 4. The molecule has 0 unspecified atom stereocenters. The maximum Gasteiger partial charge on any atom is 0.264 e. The highest BCUT2D eigenvalue weighted by molar-refractivity contribution is 7.90. The molecule has 0 aliphatic rings. The topological polar surface area (TPSA) is 80.3 Å². The second kappa shape index (κ2) is 7.59. The van der Waals surface area contributed by atoms with E-state index in [0.717, 1.165) is 5.56 Å². The number of halogens is 1. The summed E-state index contributed by atoms with van der Waals surface area (Å²) in [6, 6.07) is 12.4. The molecule has 0 radical (unpaired) electrons. The Bertz CT molecular complexity index is 860. The molecule has 0 saturated heterocycles. The van der Waals surface area contributed by atoms with Gasteiger partial charge in [0.25, 0.3) is 10.0 Å². The van der Waals surface area contributed by atoms with E-state index in [-0.39, 0.29) is 17.1 Å². The van der Waals surface area contributed by atoms with E-state index in [2.05, 4.69) is 0 Å². The van der Waals surface area contributed by atoms with Crippen molar-refractivity contribution >= 4 is 33.3 Å². The lowest BCUT2D eigenvalue weighted by atomic mass is 10.1. The predicted octanol–water partition coefficient (Wildman–Crippen LogP) is 2.98. The summed E-state index contributed by atoms with van der Waals surface area (Å²) in [4.78, 5) is 23.0. The van der Waals surface area contributed by atoms with Crippen molar-refractivity contribution in [1.82, 2.24) is 4.72 Å². The number of aryl methyl sites for hydroxylation is 1. The third-order valence-corrected chi connectivity index (χ3v) is 4.97. The van der Waals surface area contributed by atoms with Crippen molar-refractivity contribution in [3.63, 3.8) is 0 Å². The average Bonchev–Trinajstić information content (AvgIpc) is 2.53. The molecule has 0 spiro atoms. The summed E-state index contributed by atoms with van der Waals surface area (Å²) in [6.45, 7) is 1.39. The molecule has 1 amide bonds. The van der Waals surface area contributed by atoms with Gasteiger partial charge in [0.1, 0.15) is 0 Å². The van der Waals surface area contributed by atoms with Gasteiger partial charge in [-0.2, -0.15) is 0 Å². The Morgan fingerprint density at radius 2 is 1.75 bits per heavy atom. The van der Waals surface area contributed by atoms with Gasteiger partial charge in [-0.1, -0.05) is 35.9 Å². The minimum Gasteiger partial charge on any atom is -0.295 e. The van der Waals surface area contributed by atoms with E-state index in [0.29, 0.717) is 17.0 Å². The summed E-state index contributed by atoms with van der Waals surface area (Å²) in [7, 11) is -3.95. The highest BCUT2D eigenvalue weighted by atomic mass is 35.5. The first kappa shape index (κ1) is 18.2. The zero-order chi connectivity index (χ0) is 17.7. The summed E-state index contributed by atoms with van der Waals surface area (Å²) >= 11 is 5.86. The Balaban J connectivity index is 2.00. The molecule has 1 N–H and O–H groups in total. The zero-order valence-electron chi connectivity index (χ0n) is 13.0. The highest BCUT2D eigenvalue weighted by Gasteiger charge is 2.17. The van der Waals surface area contributed by atoms with Gasteiger partial charge in [0.05, 0.1) is 4.90 Å². The van der Waals surface area contributed by atoms with Crippen LogP contribution in [0.1, 0.15) is 29.3 Å². The number of ketones is 1. The molecule has 0 fully saturated rings. The van der Waals surface area contributed by atoms with Crippen molar-refractivity contribution in [2.24, 2.45) is 0 Å². The fourth-order valence-corrected chi connectivity index (χ4v) is 3.31. The molecule has 24 heavy (non-hydrogen) atoms. The van der Waals surface area contributed by atoms with Gasteiger partial charge >= 0.3 is 0 Å². The minimum absolute atomic E-state index is 0.0190. The molecule has 126 valence electrons. The van der Waals surface area contributed by atoms with Gasteiger partial charge in [0.15, 0.2) is 5.78 Å². The van der Waals surface area contributed by atoms with Crippen LogP contribution in [0.5, 0.6) is 0 Å². The van der Waals surface area contributed by atoms with Gasteiger partial charge in [-0.3, -0.25) is 9.59 Å². The number of benzene rings is 2. The van der Waals surface area contributed by atoms with E-state index in [4.69, 9.17) is 11.6 Å². The van der Waals surface area contributed by atoms with Crippen LogP contribution >= 0.6 is 11.6 Å². The first-order chi connectivity index (χ1) is 11.3. The number of carbonyl (C=O) groups is 2. The molecule has 0 aliphatic carbocycles. The van der Waals surface area contributed by atoms with E-state index in [1.807, 2.05) is 10.8 Å². The number of amides is 1. The summed E-state index contributed by atoms with van der Waals surface area (Å²) in [5, 5.41) is 0.561. The fourth-order valence-electron chi connectivity index (χ4n) is 2.08. The Kier molecular flexibility index (Phi) is 5.75. The molecular weight excluding hydrogens is 350 g/mol. The minimum atomic E-state index is -3.95. The Morgan fingerprint density at radius 1 is 1.08 bits per heavy atom. The van der Waals surface area contributed by atoms with Crippen LogP contribution < -0.4 is 4.72 Å². The van der Waals surface area contributed by atoms with E-state index in [9.17, 15) is 18.0 Å². The van der Waals surface area contributed by atoms with Crippen molar-refractivity contribution in [1.29, 1.82) is 0 Å². The smallest absolute Gasteiger partial charge is 0.264 e. The third-order valence-electron chi connectivity index (χ3n) is 3.35. The number of rotatable bonds is 6. The number of Topliss-reactive ketones (excluding diaryl/α,β-unsaturated/α-hetero) is 1. The van der Waals surface area contributed by atoms with Crippen molar-refractivity contribution in [2.75, 3.05) is 0 Å². The van der Waals surface area contributed by atoms with Crippen molar-refractivity contribution in [3.8, 4) is 0 Å². The molecule has 5 nitrogen and oxygen atoms in total. The molecular formula is C17H16ClNO4S. The zero-order valence-corrected chi connectivity index (χ0v) is 14.5. The van der Waals surface area contributed by atoms with Gasteiger partial charge in [-0.25, -0.2) is 13.1 Å². The lowest BCUT2D eigenvalue weighted by molar-refractivity contribution is -0.119. The van der Waals surface area contributed by atoms with E-state index in [1.54, 1.807) is 18.2 Å². The fraction of sp³-hybridized carbons (Fsp3) is 0.176. The monoisotopic (exact) mass is 365 g/mol. The number of nitrogens with one attached hydrogen (secondary N) is 1. The molecule has 0 aromatic heterocycles. The van der Waals surface area contributed by atoms with Gasteiger partial charge in [-0.15, -0.1) is 0 Å². The third kappa shape index (κ3) is 4.91. The molecule has 0 aliphatic heterocycles. The standard InChI is InChI=1S/C17H16ClNO4S/c1-12(20)14-6-8-16(9-7-14)24(22,23)19-17(21)10-5-13-3-2-4-15(18)11-13/h2-4,6-9,11H,5,10H2,1H3,(H,19,21). The van der Waals surface area contributed by atoms with Crippen molar-refractivity contribution < 1.29 is 18.0 Å². The molecule has 2 aromatic carbocycles. The molecule has 0 heterocycles. The maximum atomic E-state index is 12.2. The summed E-state index contributed by atoms with van der Waals surface area (Å²) < 4.78 is 26.3. The van der Waals surface area contributed by atoms with E-state index < -0.39 is 15.9 Å². The Morgan fingerprint density at radius 3 is 2.33 bits per heavy atom. The van der Waals surface area contributed by atoms with Crippen LogP contribution in [0.4, 0.5) is 0 Å². The first-order valence-electron chi connectivity index (χ1n) is 7.19. The Hall–Kier alpha value is -2.18. The predicted molar refractivity (Wildman–Crippen MR) is 91.5 cm³/mol. The average molecular weight is 366 g/mol. The van der Waals surface area contributed by atoms with Crippen LogP contribution in [0.3, 0.4) is 0 Å². The van der Waals surface area contributed by atoms with Crippen LogP contribution in [-0.2, 0) is 21.2 Å². The summed E-state index contributed by atoms with van der Waals surface area (Å²) in [5.41, 5.74) is 1.25. The normalized spacial score (nSPS) is 11.1. The van der Waals surface area contributed by atoms with Gasteiger partial charge in [-0.05, 0) is 43.2 Å². The van der Waals surface area contributed by atoms with Crippen molar-refractivity contribution in [2.45, 2.75) is 24.7 Å². The summed E-state index contributed by atoms with van der Waals surface area (Å²) in [5.74, 6) is -0.768. The molecule has 7 heteroatoms. The van der Waals surface area contributed by atoms with E-state index in [1.165, 1.54) is 31.2 Å². The van der Waals surface area contributed by atoms with Gasteiger partial charge < -0.3 is 0 Å². The lowest BCUT2D eigenvalue weighted by Crippen LogP contribution is -2.30. The van der Waals surface area contributed by atoms with Crippen LogP contribution in [0, 0.1) is 0 Å². The molecule has 0 bridgehead atoms. The number of sulfonamides is 1.